The van der Waals surface area contributed by atoms with E-state index in [0.29, 0.717) is 27.9 Å². The number of nitrogens with one attached hydrogen (secondary N) is 3. The first-order valence-corrected chi connectivity index (χ1v) is 11.7. The number of alkyl halides is 3. The van der Waals surface area contributed by atoms with Crippen LogP contribution in [-0.4, -0.2) is 15.9 Å². The number of halogens is 4. The van der Waals surface area contributed by atoms with Crippen molar-refractivity contribution in [3.05, 3.63) is 107 Å². The van der Waals surface area contributed by atoms with E-state index < -0.39 is 17.6 Å². The van der Waals surface area contributed by atoms with E-state index in [2.05, 4.69) is 20.6 Å². The highest BCUT2D eigenvalue weighted by molar-refractivity contribution is 6.30. The van der Waals surface area contributed by atoms with Crippen LogP contribution in [0, 0.1) is 6.92 Å². The molecule has 0 radical (unpaired) electrons. The highest BCUT2D eigenvalue weighted by atomic mass is 35.5. The Balaban J connectivity index is 1.43. The maximum Gasteiger partial charge on any atom is 0.416 e. The van der Waals surface area contributed by atoms with E-state index in [4.69, 9.17) is 11.6 Å². The molecule has 0 unspecified atom stereocenters. The van der Waals surface area contributed by atoms with Crippen molar-refractivity contribution in [1.29, 1.82) is 0 Å². The fourth-order valence-corrected chi connectivity index (χ4v) is 4.20. The number of carbonyl (C=O) groups is 1. The molecule has 0 aliphatic rings. The first-order chi connectivity index (χ1) is 17.7. The summed E-state index contributed by atoms with van der Waals surface area (Å²) in [5, 5.41) is 7.52. The summed E-state index contributed by atoms with van der Waals surface area (Å²) in [4.78, 5) is 20.5. The second-order valence-electron chi connectivity index (χ2n) is 8.49. The van der Waals surface area contributed by atoms with Gasteiger partial charge in [0.1, 0.15) is 11.5 Å². The highest BCUT2D eigenvalue weighted by Gasteiger charge is 2.30. The van der Waals surface area contributed by atoms with E-state index in [1.165, 1.54) is 12.1 Å². The molecular weight excluding hydrogens is 501 g/mol. The Labute approximate surface area is 215 Å². The fourth-order valence-electron chi connectivity index (χ4n) is 4.01. The van der Waals surface area contributed by atoms with E-state index in [0.717, 1.165) is 34.2 Å². The molecule has 0 saturated heterocycles. The van der Waals surface area contributed by atoms with E-state index >= 15 is 0 Å². The number of hydrogen-bond acceptors (Lipinski definition) is 3. The lowest BCUT2D eigenvalue weighted by molar-refractivity contribution is -0.137. The minimum atomic E-state index is -4.53. The normalized spacial score (nSPS) is 11.5. The molecule has 5 aromatic rings. The van der Waals surface area contributed by atoms with Crippen LogP contribution in [0.2, 0.25) is 5.02 Å². The molecule has 3 aromatic carbocycles. The van der Waals surface area contributed by atoms with Crippen LogP contribution >= 0.6 is 11.6 Å². The Kier molecular flexibility index (Phi) is 6.35. The molecule has 0 saturated carbocycles. The van der Waals surface area contributed by atoms with Gasteiger partial charge in [-0.2, -0.15) is 13.2 Å². The van der Waals surface area contributed by atoms with Gasteiger partial charge in [0, 0.05) is 33.5 Å². The lowest BCUT2D eigenvalue weighted by atomic mass is 10.0. The van der Waals surface area contributed by atoms with E-state index in [1.807, 2.05) is 49.5 Å². The Bertz CT molecular complexity index is 1630. The largest absolute Gasteiger partial charge is 0.416 e. The third-order valence-corrected chi connectivity index (χ3v) is 6.11. The van der Waals surface area contributed by atoms with E-state index in [9.17, 15) is 18.0 Å². The summed E-state index contributed by atoms with van der Waals surface area (Å²) in [6, 6.07) is 20.9. The second-order valence-corrected chi connectivity index (χ2v) is 8.93. The van der Waals surface area contributed by atoms with Crippen molar-refractivity contribution in [3.8, 4) is 11.1 Å². The first kappa shape index (κ1) is 24.4. The third kappa shape index (κ3) is 5.29. The summed E-state index contributed by atoms with van der Waals surface area (Å²) in [7, 11) is 0. The average molecular weight is 521 g/mol. The third-order valence-electron chi connectivity index (χ3n) is 5.87. The van der Waals surface area contributed by atoms with Gasteiger partial charge in [0.2, 0.25) is 0 Å². The molecule has 0 aliphatic heterocycles. The number of aromatic nitrogens is 2. The maximum atomic E-state index is 13.0. The zero-order valence-electron chi connectivity index (χ0n) is 19.5. The number of aromatic amines is 1. The monoisotopic (exact) mass is 520 g/mol. The van der Waals surface area contributed by atoms with Gasteiger partial charge in [-0.15, -0.1) is 0 Å². The summed E-state index contributed by atoms with van der Waals surface area (Å²) >= 11 is 6.22. The van der Waals surface area contributed by atoms with Crippen molar-refractivity contribution in [3.63, 3.8) is 0 Å². The van der Waals surface area contributed by atoms with Gasteiger partial charge in [0.25, 0.3) is 5.91 Å². The summed E-state index contributed by atoms with van der Waals surface area (Å²) in [6.07, 6.45) is -2.72. The Hall–Kier alpha value is -4.30. The van der Waals surface area contributed by atoms with Crippen LogP contribution in [0.5, 0.6) is 0 Å². The minimum Gasteiger partial charge on any atom is -0.346 e. The average Bonchev–Trinajstić information content (AvgIpc) is 3.34. The molecule has 37 heavy (non-hydrogen) atoms. The number of pyridine rings is 1. The van der Waals surface area contributed by atoms with Crippen LogP contribution < -0.4 is 10.6 Å². The number of anilines is 3. The summed E-state index contributed by atoms with van der Waals surface area (Å²) in [6.45, 7) is 1.89. The number of rotatable bonds is 5. The van der Waals surface area contributed by atoms with Crippen molar-refractivity contribution in [2.24, 2.45) is 0 Å². The molecule has 0 fully saturated rings. The molecule has 3 N–H and O–H groups in total. The van der Waals surface area contributed by atoms with Crippen LogP contribution in [-0.2, 0) is 6.18 Å². The zero-order chi connectivity index (χ0) is 26.2. The molecule has 0 spiro atoms. The molecule has 186 valence electrons. The Morgan fingerprint density at radius 3 is 2.57 bits per heavy atom. The van der Waals surface area contributed by atoms with Crippen LogP contribution in [0.4, 0.5) is 30.4 Å². The zero-order valence-corrected chi connectivity index (χ0v) is 20.2. The van der Waals surface area contributed by atoms with Gasteiger partial charge in [-0.3, -0.25) is 4.79 Å². The number of nitrogens with zero attached hydrogens (tertiary/aromatic N) is 1. The van der Waals surface area contributed by atoms with Crippen molar-refractivity contribution in [1.82, 2.24) is 9.97 Å². The van der Waals surface area contributed by atoms with Gasteiger partial charge < -0.3 is 15.6 Å². The smallest absolute Gasteiger partial charge is 0.346 e. The van der Waals surface area contributed by atoms with Gasteiger partial charge in [0.15, 0.2) is 0 Å². The summed E-state index contributed by atoms with van der Waals surface area (Å²) in [5.74, 6) is -0.0792. The summed E-state index contributed by atoms with van der Waals surface area (Å²) in [5.41, 5.74) is 3.57. The molecule has 5 rings (SSSR count). The highest BCUT2D eigenvalue weighted by Crippen LogP contribution is 2.33. The van der Waals surface area contributed by atoms with Gasteiger partial charge in [-0.05, 0) is 78.2 Å². The molecule has 0 aliphatic carbocycles. The first-order valence-electron chi connectivity index (χ1n) is 11.3. The topological polar surface area (TPSA) is 69.8 Å². The lowest BCUT2D eigenvalue weighted by Crippen LogP contribution is -2.14. The number of amides is 1. The minimum absolute atomic E-state index is 0.0880. The van der Waals surface area contributed by atoms with Crippen molar-refractivity contribution in [2.75, 3.05) is 10.6 Å². The quantitative estimate of drug-likeness (QED) is 0.219. The lowest BCUT2D eigenvalue weighted by Gasteiger charge is -2.14. The van der Waals surface area contributed by atoms with Gasteiger partial charge in [-0.25, -0.2) is 4.98 Å². The number of H-pyrrole nitrogens is 1. The van der Waals surface area contributed by atoms with Crippen molar-refractivity contribution < 1.29 is 18.0 Å². The fraction of sp³-hybridized carbons (Fsp3) is 0.0714. The number of fused-ring (bicyclic) bond motifs is 1. The number of benzene rings is 3. The molecule has 1 amide bonds. The van der Waals surface area contributed by atoms with Gasteiger partial charge in [-0.1, -0.05) is 35.9 Å². The van der Waals surface area contributed by atoms with E-state index in [1.54, 1.807) is 18.2 Å². The van der Waals surface area contributed by atoms with Crippen LogP contribution in [0.3, 0.4) is 0 Å². The van der Waals surface area contributed by atoms with Gasteiger partial charge in [0.05, 0.1) is 5.56 Å². The predicted octanol–water partition coefficient (Wildman–Crippen LogP) is 8.21. The van der Waals surface area contributed by atoms with Crippen LogP contribution in [0.25, 0.3) is 22.2 Å². The van der Waals surface area contributed by atoms with Gasteiger partial charge >= 0.3 is 6.18 Å². The number of aryl methyl sites for hydroxylation is 1. The molecule has 5 nitrogen and oxygen atoms in total. The van der Waals surface area contributed by atoms with Crippen LogP contribution in [0.1, 0.15) is 21.5 Å². The number of hydrogen-bond donors (Lipinski definition) is 3. The van der Waals surface area contributed by atoms with E-state index in [-0.39, 0.29) is 5.56 Å². The van der Waals surface area contributed by atoms with Crippen LogP contribution in [0.15, 0.2) is 85.1 Å². The molecule has 9 heteroatoms. The molecule has 2 heterocycles. The molecule has 0 bridgehead atoms. The molecule has 2 aromatic heterocycles. The Morgan fingerprint density at radius 1 is 0.973 bits per heavy atom. The Morgan fingerprint density at radius 2 is 1.78 bits per heavy atom. The molecular formula is C28H20ClF3N4O. The predicted molar refractivity (Wildman–Crippen MR) is 140 cm³/mol. The van der Waals surface area contributed by atoms with Crippen molar-refractivity contribution >= 4 is 45.7 Å². The SMILES string of the molecule is Cc1ccc(NC(=O)c2cccc(C(F)(F)F)c2)cc1Nc1cc(-c2cccc(Cl)c2)c2cc[nH]c2n1. The van der Waals surface area contributed by atoms with Crippen molar-refractivity contribution in [2.45, 2.75) is 13.1 Å². The summed E-state index contributed by atoms with van der Waals surface area (Å²) < 4.78 is 39.1. The maximum absolute atomic E-state index is 13.0. The number of carbonyl (C=O) groups excluding carboxylic acids is 1. The molecule has 0 atom stereocenters. The standard InChI is InChI=1S/C28H20ClF3N4O/c1-16-8-9-21(34-27(37)18-5-2-6-19(12-18)28(30,31)32)14-24(16)35-25-15-23(17-4-3-7-20(29)13-17)22-10-11-33-26(22)36-25/h2-15H,1H3,(H,34,37)(H2,33,35,36). The second kappa shape index (κ2) is 9.63.